The molecule has 1 unspecified atom stereocenters. The van der Waals surface area contributed by atoms with Crippen LogP contribution in [0.3, 0.4) is 0 Å². The Hall–Kier alpha value is -0.350. The number of rotatable bonds is 7. The third-order valence-corrected chi connectivity index (χ3v) is 6.09. The van der Waals surface area contributed by atoms with Crippen LogP contribution in [0, 0.1) is 5.92 Å². The van der Waals surface area contributed by atoms with Crippen LogP contribution in [0.15, 0.2) is 29.2 Å². The summed E-state index contributed by atoms with van der Waals surface area (Å²) in [4.78, 5) is 0.443. The lowest BCUT2D eigenvalue weighted by Crippen LogP contribution is -2.17. The minimum Gasteiger partial charge on any atom is -0.224 e. The minimum absolute atomic E-state index is 0.194. The molecule has 1 rings (SSSR count). The summed E-state index contributed by atoms with van der Waals surface area (Å²) >= 11 is 3.41. The van der Waals surface area contributed by atoms with Gasteiger partial charge in [0, 0.05) is 5.33 Å². The molecule has 19 heavy (non-hydrogen) atoms. The molecule has 0 saturated heterocycles. The van der Waals surface area contributed by atoms with E-state index in [1.54, 1.807) is 12.1 Å². The highest BCUT2D eigenvalue weighted by molar-refractivity contribution is 9.09. The van der Waals surface area contributed by atoms with E-state index in [0.717, 1.165) is 18.2 Å². The van der Waals surface area contributed by atoms with Gasteiger partial charge < -0.3 is 0 Å². The fourth-order valence-electron chi connectivity index (χ4n) is 2.08. The van der Waals surface area contributed by atoms with E-state index in [1.165, 1.54) is 5.56 Å². The Morgan fingerprint density at radius 3 is 2.16 bits per heavy atom. The zero-order valence-electron chi connectivity index (χ0n) is 11.9. The summed E-state index contributed by atoms with van der Waals surface area (Å²) in [6, 6.07) is 7.31. The first-order valence-electron chi connectivity index (χ1n) is 6.79. The molecule has 1 aromatic carbocycles. The molecule has 0 spiro atoms. The van der Waals surface area contributed by atoms with E-state index in [1.807, 2.05) is 12.1 Å². The largest absolute Gasteiger partial charge is 0.224 e. The second kappa shape index (κ2) is 7.44. The van der Waals surface area contributed by atoms with Crippen molar-refractivity contribution >= 4 is 25.8 Å². The highest BCUT2D eigenvalue weighted by Crippen LogP contribution is 2.21. The molecule has 0 aliphatic heterocycles. The molecular formula is C15H23BrO2S. The number of sulfone groups is 1. The Morgan fingerprint density at radius 2 is 1.74 bits per heavy atom. The molecule has 0 aromatic heterocycles. The fraction of sp³-hybridized carbons (Fsp3) is 0.600. The molecule has 0 fully saturated rings. The number of halogens is 1. The van der Waals surface area contributed by atoms with Crippen LogP contribution >= 0.6 is 15.9 Å². The van der Waals surface area contributed by atoms with Crippen LogP contribution in [-0.2, 0) is 9.84 Å². The molecule has 0 N–H and O–H groups in total. The summed E-state index contributed by atoms with van der Waals surface area (Å²) in [6.45, 7) is 6.29. The van der Waals surface area contributed by atoms with Gasteiger partial charge in [-0.05, 0) is 36.0 Å². The molecule has 2 nitrogen and oxygen atoms in total. The first-order valence-corrected chi connectivity index (χ1v) is 9.56. The summed E-state index contributed by atoms with van der Waals surface area (Å²) < 4.78 is 24.7. The van der Waals surface area contributed by atoms with Crippen LogP contribution in [0.2, 0.25) is 0 Å². The van der Waals surface area contributed by atoms with Crippen molar-refractivity contribution < 1.29 is 8.42 Å². The second-order valence-electron chi connectivity index (χ2n) is 5.31. The molecule has 0 saturated carbocycles. The highest BCUT2D eigenvalue weighted by Gasteiger charge is 2.20. The fourth-order valence-corrected chi connectivity index (χ4v) is 4.58. The van der Waals surface area contributed by atoms with Gasteiger partial charge in [0.15, 0.2) is 9.84 Å². The molecule has 0 aliphatic rings. The molecule has 0 heterocycles. The van der Waals surface area contributed by atoms with Gasteiger partial charge in [-0.15, -0.1) is 0 Å². The first kappa shape index (κ1) is 16.7. The van der Waals surface area contributed by atoms with Gasteiger partial charge in [-0.3, -0.25) is 0 Å². The minimum atomic E-state index is -3.17. The van der Waals surface area contributed by atoms with Gasteiger partial charge in [-0.1, -0.05) is 55.3 Å². The van der Waals surface area contributed by atoms with Crippen molar-refractivity contribution in [2.24, 2.45) is 5.92 Å². The normalized spacial score (nSPS) is 13.7. The lowest BCUT2D eigenvalue weighted by Gasteiger charge is -2.14. The average Bonchev–Trinajstić information content (AvgIpc) is 2.38. The van der Waals surface area contributed by atoms with E-state index in [9.17, 15) is 8.42 Å². The maximum absolute atomic E-state index is 12.3. The zero-order valence-corrected chi connectivity index (χ0v) is 14.3. The van der Waals surface area contributed by atoms with Crippen LogP contribution in [-0.4, -0.2) is 19.5 Å². The molecule has 0 aliphatic carbocycles. The maximum Gasteiger partial charge on any atom is 0.178 e. The van der Waals surface area contributed by atoms with Gasteiger partial charge in [0.2, 0.25) is 0 Å². The van der Waals surface area contributed by atoms with Crippen LogP contribution in [0.1, 0.15) is 45.1 Å². The van der Waals surface area contributed by atoms with Gasteiger partial charge in [0.05, 0.1) is 10.6 Å². The van der Waals surface area contributed by atoms with E-state index in [-0.39, 0.29) is 11.7 Å². The second-order valence-corrected chi connectivity index (χ2v) is 8.00. The van der Waals surface area contributed by atoms with Crippen molar-refractivity contribution in [2.45, 2.75) is 44.4 Å². The first-order chi connectivity index (χ1) is 8.90. The SMILES string of the molecule is CCCC(CBr)CS(=O)(=O)c1ccc(C(C)C)cc1. The predicted molar refractivity (Wildman–Crippen MR) is 84.8 cm³/mol. The van der Waals surface area contributed by atoms with Crippen molar-refractivity contribution in [3.05, 3.63) is 29.8 Å². The quantitative estimate of drug-likeness (QED) is 0.686. The van der Waals surface area contributed by atoms with E-state index in [4.69, 9.17) is 0 Å². The number of hydrogen-bond acceptors (Lipinski definition) is 2. The maximum atomic E-state index is 12.3. The monoisotopic (exact) mass is 346 g/mol. The Labute approximate surface area is 125 Å². The van der Waals surface area contributed by atoms with Gasteiger partial charge >= 0.3 is 0 Å². The van der Waals surface area contributed by atoms with Gasteiger partial charge in [-0.2, -0.15) is 0 Å². The third kappa shape index (κ3) is 4.92. The third-order valence-electron chi connectivity index (χ3n) is 3.28. The highest BCUT2D eigenvalue weighted by atomic mass is 79.9. The smallest absolute Gasteiger partial charge is 0.178 e. The molecule has 4 heteroatoms. The summed E-state index contributed by atoms with van der Waals surface area (Å²) in [7, 11) is -3.17. The van der Waals surface area contributed by atoms with E-state index >= 15 is 0 Å². The average molecular weight is 347 g/mol. The van der Waals surface area contributed by atoms with Crippen molar-refractivity contribution in [1.29, 1.82) is 0 Å². The predicted octanol–water partition coefficient (Wildman–Crippen LogP) is 4.39. The van der Waals surface area contributed by atoms with Crippen molar-refractivity contribution in [3.8, 4) is 0 Å². The lowest BCUT2D eigenvalue weighted by molar-refractivity contribution is 0.552. The van der Waals surface area contributed by atoms with Crippen LogP contribution in [0.25, 0.3) is 0 Å². The lowest BCUT2D eigenvalue weighted by atomic mass is 10.0. The Morgan fingerprint density at radius 1 is 1.16 bits per heavy atom. The molecule has 108 valence electrons. The van der Waals surface area contributed by atoms with Gasteiger partial charge in [-0.25, -0.2) is 8.42 Å². The Bertz CT molecular complexity index is 477. The van der Waals surface area contributed by atoms with Crippen LogP contribution in [0.4, 0.5) is 0 Å². The molecule has 1 atom stereocenters. The molecule has 0 amide bonds. The molecular weight excluding hydrogens is 324 g/mol. The van der Waals surface area contributed by atoms with E-state index < -0.39 is 9.84 Å². The summed E-state index contributed by atoms with van der Waals surface area (Å²) in [6.07, 6.45) is 1.95. The topological polar surface area (TPSA) is 34.1 Å². The summed E-state index contributed by atoms with van der Waals surface area (Å²) in [5, 5.41) is 0.740. The molecule has 0 bridgehead atoms. The van der Waals surface area contributed by atoms with Crippen molar-refractivity contribution in [1.82, 2.24) is 0 Å². The summed E-state index contributed by atoms with van der Waals surface area (Å²) in [5.41, 5.74) is 1.17. The zero-order chi connectivity index (χ0) is 14.5. The summed E-state index contributed by atoms with van der Waals surface area (Å²) in [5.74, 6) is 0.847. The number of alkyl halides is 1. The molecule has 1 aromatic rings. The standard InChI is InChI=1S/C15H23BrO2S/c1-4-5-13(10-16)11-19(17,18)15-8-6-14(7-9-15)12(2)3/h6-9,12-13H,4-5,10-11H2,1-3H3. The Balaban J connectivity index is 2.87. The van der Waals surface area contributed by atoms with Crippen LogP contribution < -0.4 is 0 Å². The van der Waals surface area contributed by atoms with Gasteiger partial charge in [0.25, 0.3) is 0 Å². The number of benzene rings is 1. The van der Waals surface area contributed by atoms with Crippen molar-refractivity contribution in [3.63, 3.8) is 0 Å². The van der Waals surface area contributed by atoms with Crippen LogP contribution in [0.5, 0.6) is 0 Å². The number of hydrogen-bond donors (Lipinski definition) is 0. The van der Waals surface area contributed by atoms with Gasteiger partial charge in [0.1, 0.15) is 0 Å². The van der Waals surface area contributed by atoms with Crippen molar-refractivity contribution in [2.75, 3.05) is 11.1 Å². The van der Waals surface area contributed by atoms with E-state index in [0.29, 0.717) is 10.8 Å². The Kier molecular flexibility index (Phi) is 6.54. The van der Waals surface area contributed by atoms with E-state index in [2.05, 4.69) is 36.7 Å². The molecule has 0 radical (unpaired) electrons.